The van der Waals surface area contributed by atoms with E-state index < -0.39 is 17.5 Å². The van der Waals surface area contributed by atoms with Crippen LogP contribution in [-0.2, 0) is 6.42 Å². The third-order valence-electron chi connectivity index (χ3n) is 7.93. The first-order chi connectivity index (χ1) is 16.2. The Morgan fingerprint density at radius 2 is 1.97 bits per heavy atom. The molecular formula is C25H27FN6O2. The van der Waals surface area contributed by atoms with Crippen LogP contribution >= 0.6 is 0 Å². The molecule has 0 saturated heterocycles. The van der Waals surface area contributed by atoms with Gasteiger partial charge in [-0.25, -0.2) is 19.3 Å². The molecule has 34 heavy (non-hydrogen) atoms. The van der Waals surface area contributed by atoms with Gasteiger partial charge >= 0.3 is 0 Å². The van der Waals surface area contributed by atoms with Gasteiger partial charge in [-0.3, -0.25) is 0 Å². The van der Waals surface area contributed by atoms with E-state index in [2.05, 4.69) is 15.0 Å². The Morgan fingerprint density at radius 3 is 2.79 bits per heavy atom. The molecule has 2 saturated carbocycles. The highest BCUT2D eigenvalue weighted by Crippen LogP contribution is 2.55. The lowest BCUT2D eigenvalue weighted by Gasteiger charge is -2.29. The number of rotatable bonds is 3. The predicted molar refractivity (Wildman–Crippen MR) is 127 cm³/mol. The van der Waals surface area contributed by atoms with E-state index in [1.165, 1.54) is 6.07 Å². The lowest BCUT2D eigenvalue weighted by atomic mass is 9.84. The summed E-state index contributed by atoms with van der Waals surface area (Å²) < 4.78 is 15.7. The largest absolute Gasteiger partial charge is 0.388 e. The number of aliphatic hydroxyl groups is 2. The molecule has 0 amide bonds. The number of anilines is 2. The fraction of sp³-hybridized carbons (Fsp3) is 0.400. The van der Waals surface area contributed by atoms with Gasteiger partial charge in [-0.1, -0.05) is 12.1 Å². The molecular weight excluding hydrogens is 435 g/mol. The van der Waals surface area contributed by atoms with Gasteiger partial charge in [0.05, 0.1) is 22.5 Å². The van der Waals surface area contributed by atoms with Gasteiger partial charge in [0.1, 0.15) is 23.4 Å². The van der Waals surface area contributed by atoms with Crippen molar-refractivity contribution in [1.29, 1.82) is 0 Å². The van der Waals surface area contributed by atoms with Gasteiger partial charge in [-0.05, 0) is 68.2 Å². The van der Waals surface area contributed by atoms with E-state index in [4.69, 9.17) is 11.5 Å². The van der Waals surface area contributed by atoms with Crippen LogP contribution in [0, 0.1) is 24.6 Å². The minimum Gasteiger partial charge on any atom is -0.388 e. The van der Waals surface area contributed by atoms with Gasteiger partial charge in [-0.2, -0.15) is 0 Å². The molecule has 0 spiro atoms. The molecule has 1 aromatic carbocycles. The fourth-order valence-electron chi connectivity index (χ4n) is 6.28. The summed E-state index contributed by atoms with van der Waals surface area (Å²) in [5.41, 5.74) is 13.0. The lowest BCUT2D eigenvalue weighted by molar-refractivity contribution is -0.0799. The molecule has 2 fully saturated rings. The molecule has 6 N–H and O–H groups in total. The summed E-state index contributed by atoms with van der Waals surface area (Å²) in [6.07, 6.45) is 3.71. The number of benzene rings is 1. The molecule has 8 nitrogen and oxygen atoms in total. The van der Waals surface area contributed by atoms with Crippen LogP contribution in [0.3, 0.4) is 0 Å². The highest BCUT2D eigenvalue weighted by molar-refractivity contribution is 5.86. The number of nitrogens with two attached hydrogens (primary N) is 2. The van der Waals surface area contributed by atoms with Crippen LogP contribution in [0.15, 0.2) is 36.5 Å². The van der Waals surface area contributed by atoms with Crippen molar-refractivity contribution < 1.29 is 14.6 Å². The van der Waals surface area contributed by atoms with Gasteiger partial charge in [0.25, 0.3) is 0 Å². The Labute approximate surface area is 195 Å². The third kappa shape index (κ3) is 3.07. The Hall–Kier alpha value is -3.30. The van der Waals surface area contributed by atoms with Crippen LogP contribution in [0.1, 0.15) is 36.7 Å². The van der Waals surface area contributed by atoms with Gasteiger partial charge in [-0.15, -0.1) is 0 Å². The molecule has 176 valence electrons. The second kappa shape index (κ2) is 7.35. The molecule has 0 unspecified atom stereocenters. The minimum atomic E-state index is -1.15. The predicted octanol–water partition coefficient (Wildman–Crippen LogP) is 2.90. The molecule has 0 radical (unpaired) electrons. The van der Waals surface area contributed by atoms with Crippen molar-refractivity contribution in [2.75, 3.05) is 11.5 Å². The number of pyridine rings is 1. The molecule has 4 aromatic rings. The van der Waals surface area contributed by atoms with E-state index in [0.717, 1.165) is 23.8 Å². The van der Waals surface area contributed by atoms with E-state index >= 15 is 0 Å². The summed E-state index contributed by atoms with van der Waals surface area (Å²) in [7, 11) is 0. The molecule has 0 aliphatic heterocycles. The van der Waals surface area contributed by atoms with Crippen molar-refractivity contribution in [3.8, 4) is 0 Å². The summed E-state index contributed by atoms with van der Waals surface area (Å²) in [5, 5.41) is 24.3. The van der Waals surface area contributed by atoms with Crippen molar-refractivity contribution in [1.82, 2.24) is 19.5 Å². The highest BCUT2D eigenvalue weighted by atomic mass is 19.1. The van der Waals surface area contributed by atoms with Crippen LogP contribution in [0.2, 0.25) is 0 Å². The molecule has 3 aromatic heterocycles. The lowest BCUT2D eigenvalue weighted by Crippen LogP contribution is -2.42. The van der Waals surface area contributed by atoms with Crippen LogP contribution in [0.5, 0.6) is 0 Å². The second-order valence-electron chi connectivity index (χ2n) is 9.85. The first kappa shape index (κ1) is 21.2. The summed E-state index contributed by atoms with van der Waals surface area (Å²) >= 11 is 0. The number of hydrogen-bond donors (Lipinski definition) is 4. The first-order valence-electron chi connectivity index (χ1n) is 11.6. The van der Waals surface area contributed by atoms with Crippen LogP contribution in [0.25, 0.3) is 21.9 Å². The number of halogens is 1. The Morgan fingerprint density at radius 1 is 1.15 bits per heavy atom. The Kier molecular flexibility index (Phi) is 4.59. The molecule has 2 aliphatic carbocycles. The van der Waals surface area contributed by atoms with Crippen molar-refractivity contribution >= 4 is 33.6 Å². The van der Waals surface area contributed by atoms with Crippen molar-refractivity contribution in [3.63, 3.8) is 0 Å². The smallest absolute Gasteiger partial charge is 0.165 e. The van der Waals surface area contributed by atoms with Gasteiger partial charge in [0, 0.05) is 11.6 Å². The molecule has 2 aliphatic rings. The molecule has 3 heterocycles. The normalized spacial score (nSPS) is 28.7. The Bertz CT molecular complexity index is 1440. The summed E-state index contributed by atoms with van der Waals surface area (Å²) in [5.74, 6) is 0.484. The zero-order valence-corrected chi connectivity index (χ0v) is 18.8. The zero-order chi connectivity index (χ0) is 23.8. The summed E-state index contributed by atoms with van der Waals surface area (Å²) in [4.78, 5) is 13.0. The molecule has 5 atom stereocenters. The van der Waals surface area contributed by atoms with E-state index in [1.807, 2.05) is 35.0 Å². The third-order valence-corrected chi connectivity index (χ3v) is 7.93. The average Bonchev–Trinajstić information content (AvgIpc) is 3.42. The maximum atomic E-state index is 13.7. The van der Waals surface area contributed by atoms with Gasteiger partial charge in [0.2, 0.25) is 0 Å². The fourth-order valence-corrected chi connectivity index (χ4v) is 6.28. The number of fused-ring (bicyclic) bond motifs is 3. The number of nitrogens with zero attached hydrogens (tertiary/aromatic N) is 4. The summed E-state index contributed by atoms with van der Waals surface area (Å²) in [6.45, 7) is 1.79. The number of hydrogen-bond acceptors (Lipinski definition) is 7. The second-order valence-corrected chi connectivity index (χ2v) is 9.85. The topological polar surface area (TPSA) is 136 Å². The van der Waals surface area contributed by atoms with Crippen molar-refractivity contribution in [2.45, 2.75) is 50.4 Å². The van der Waals surface area contributed by atoms with Gasteiger partial charge < -0.3 is 26.2 Å². The van der Waals surface area contributed by atoms with Gasteiger partial charge in [0.15, 0.2) is 11.6 Å². The number of aromatic nitrogens is 4. The van der Waals surface area contributed by atoms with E-state index in [9.17, 15) is 14.6 Å². The van der Waals surface area contributed by atoms with E-state index in [-0.39, 0.29) is 23.7 Å². The Balaban J connectivity index is 1.30. The van der Waals surface area contributed by atoms with Crippen LogP contribution in [-0.4, -0.2) is 41.4 Å². The number of aryl methyl sites for hydroxylation is 1. The van der Waals surface area contributed by atoms with Crippen LogP contribution in [0.4, 0.5) is 16.0 Å². The zero-order valence-electron chi connectivity index (χ0n) is 18.8. The quantitative estimate of drug-likeness (QED) is 0.367. The monoisotopic (exact) mass is 462 g/mol. The number of nitrogen functional groups attached to an aromatic ring is 2. The summed E-state index contributed by atoms with van der Waals surface area (Å²) in [6, 6.07) is 8.72. The van der Waals surface area contributed by atoms with Crippen molar-refractivity contribution in [3.05, 3.63) is 53.7 Å². The maximum absolute atomic E-state index is 13.7. The maximum Gasteiger partial charge on any atom is 0.165 e. The molecule has 0 bridgehead atoms. The van der Waals surface area contributed by atoms with Crippen molar-refractivity contribution in [2.24, 2.45) is 11.8 Å². The van der Waals surface area contributed by atoms with E-state index in [1.54, 1.807) is 6.92 Å². The SMILES string of the molecule is Cc1nc(N)c2ccn([C@@H]3C[C@@H]4[C@H](Cc5ccc6cc(F)c(N)nc6c5)CC[C@]4(O)[C@H]3O)c2n1. The standard InChI is InChI=1S/C25H27FN6O2/c1-12-29-22(27)16-5-7-32(24(16)30-12)20-11-17-14(4-6-25(17,34)21(20)33)8-13-2-3-15-10-18(26)23(28)31-19(15)9-13/h2-3,5,7,9-10,14,17,20-21,33-34H,4,6,8,11H2,1H3,(H2,28,31)(H2,27,29,30)/t14-,17+,20+,21-,25+/m0/s1. The highest BCUT2D eigenvalue weighted by Gasteiger charge is 2.59. The minimum absolute atomic E-state index is 0.0628. The molecule has 9 heteroatoms. The first-order valence-corrected chi connectivity index (χ1v) is 11.6. The molecule has 6 rings (SSSR count). The van der Waals surface area contributed by atoms with Crippen LogP contribution < -0.4 is 11.5 Å². The number of aliphatic hydroxyl groups excluding tert-OH is 1. The average molecular weight is 463 g/mol. The van der Waals surface area contributed by atoms with E-state index in [0.29, 0.717) is 41.0 Å².